The molecule has 2 nitrogen and oxygen atoms in total. The molecule has 0 bridgehead atoms. The minimum absolute atomic E-state index is 0.559. The lowest BCUT2D eigenvalue weighted by Crippen LogP contribution is -2.22. The lowest BCUT2D eigenvalue weighted by molar-refractivity contribution is 0.307. The summed E-state index contributed by atoms with van der Waals surface area (Å²) < 4.78 is 6.27. The normalized spacial score (nSPS) is 14.7. The average molecular weight is 325 g/mol. The second-order valence-corrected chi connectivity index (χ2v) is 6.71. The highest BCUT2D eigenvalue weighted by molar-refractivity contribution is 6.07. The molecule has 122 valence electrons. The van der Waals surface area contributed by atoms with Crippen LogP contribution in [-0.2, 0) is 4.74 Å². The van der Waals surface area contributed by atoms with E-state index in [-0.39, 0.29) is 0 Å². The van der Waals surface area contributed by atoms with Crippen LogP contribution in [0.3, 0.4) is 0 Å². The van der Waals surface area contributed by atoms with E-state index in [0.717, 1.165) is 5.76 Å². The predicted octanol–water partition coefficient (Wildman–Crippen LogP) is 5.60. The van der Waals surface area contributed by atoms with Gasteiger partial charge in [-0.25, -0.2) is 0 Å². The first kappa shape index (κ1) is 14.4. The zero-order valence-corrected chi connectivity index (χ0v) is 14.4. The molecule has 0 radical (unpaired) electrons. The summed E-state index contributed by atoms with van der Waals surface area (Å²) >= 11 is 0. The smallest absolute Gasteiger partial charge is 0.165 e. The van der Waals surface area contributed by atoms with E-state index in [1.807, 2.05) is 0 Å². The predicted molar refractivity (Wildman–Crippen MR) is 103 cm³/mol. The molecule has 0 aromatic heterocycles. The summed E-state index contributed by atoms with van der Waals surface area (Å²) in [4.78, 5) is 2.30. The quantitative estimate of drug-likeness (QED) is 0.577. The minimum Gasteiger partial charge on any atom is -0.470 e. The van der Waals surface area contributed by atoms with Crippen molar-refractivity contribution in [3.05, 3.63) is 89.0 Å². The number of benzene rings is 3. The van der Waals surface area contributed by atoms with E-state index in [1.54, 1.807) is 0 Å². The maximum Gasteiger partial charge on any atom is 0.165 e. The summed E-state index contributed by atoms with van der Waals surface area (Å²) in [5, 5.41) is 0. The van der Waals surface area contributed by atoms with Crippen molar-refractivity contribution in [3.63, 3.8) is 0 Å². The van der Waals surface area contributed by atoms with Gasteiger partial charge in [-0.15, -0.1) is 0 Å². The number of fused-ring (bicyclic) bond motifs is 6. The molecule has 0 amide bonds. The van der Waals surface area contributed by atoms with Gasteiger partial charge in [-0.3, -0.25) is 0 Å². The van der Waals surface area contributed by atoms with Gasteiger partial charge in [0.2, 0.25) is 0 Å². The number of aryl methyl sites for hydroxylation is 2. The number of hydrogen-bond acceptors (Lipinski definition) is 2. The lowest BCUT2D eigenvalue weighted by Gasteiger charge is -2.30. The fourth-order valence-corrected chi connectivity index (χ4v) is 4.07. The molecule has 3 aromatic rings. The largest absolute Gasteiger partial charge is 0.470 e. The number of hydrogen-bond donors (Lipinski definition) is 0. The molecule has 0 saturated heterocycles. The van der Waals surface area contributed by atoms with E-state index >= 15 is 0 Å². The highest BCUT2D eigenvalue weighted by Crippen LogP contribution is 2.49. The van der Waals surface area contributed by atoms with Crippen molar-refractivity contribution in [3.8, 4) is 11.1 Å². The number of nitrogens with zero attached hydrogens (tertiary/aromatic N) is 1. The van der Waals surface area contributed by atoms with Crippen LogP contribution in [0.25, 0.3) is 22.6 Å². The Labute approximate surface area is 148 Å². The third kappa shape index (κ3) is 1.97. The Morgan fingerprint density at radius 2 is 1.36 bits per heavy atom. The van der Waals surface area contributed by atoms with Crippen LogP contribution in [-0.4, -0.2) is 6.73 Å². The molecule has 25 heavy (non-hydrogen) atoms. The Bertz CT molecular complexity index is 1010. The van der Waals surface area contributed by atoms with E-state index in [2.05, 4.69) is 85.5 Å². The molecule has 3 aromatic carbocycles. The molecule has 2 heterocycles. The van der Waals surface area contributed by atoms with E-state index < -0.39 is 0 Å². The van der Waals surface area contributed by atoms with Gasteiger partial charge in [0.1, 0.15) is 0 Å². The van der Waals surface area contributed by atoms with Gasteiger partial charge in [0.05, 0.1) is 11.4 Å². The third-order valence-corrected chi connectivity index (χ3v) is 5.20. The summed E-state index contributed by atoms with van der Waals surface area (Å²) in [6.45, 7) is 4.87. The average Bonchev–Trinajstić information content (AvgIpc) is 3.07. The van der Waals surface area contributed by atoms with E-state index in [9.17, 15) is 0 Å². The zero-order valence-electron chi connectivity index (χ0n) is 14.4. The summed E-state index contributed by atoms with van der Waals surface area (Å²) in [6, 6.07) is 23.6. The first-order chi connectivity index (χ1) is 12.3. The highest BCUT2D eigenvalue weighted by Gasteiger charge is 2.35. The molecule has 0 spiro atoms. The Kier molecular flexibility index (Phi) is 3.01. The van der Waals surface area contributed by atoms with Crippen LogP contribution in [0.4, 0.5) is 5.69 Å². The number of anilines is 1. The third-order valence-electron chi connectivity index (χ3n) is 5.20. The SMILES string of the molecule is Cc1cccc(C)c1C1=C2c3ccccc3-c3ccccc3N2CO1. The van der Waals surface area contributed by atoms with Crippen molar-refractivity contribution in [1.82, 2.24) is 0 Å². The molecule has 2 aliphatic rings. The molecular weight excluding hydrogens is 306 g/mol. The van der Waals surface area contributed by atoms with Gasteiger partial charge in [0.25, 0.3) is 0 Å². The summed E-state index contributed by atoms with van der Waals surface area (Å²) in [7, 11) is 0. The Morgan fingerprint density at radius 1 is 0.720 bits per heavy atom. The molecule has 0 aliphatic carbocycles. The number of para-hydroxylation sites is 1. The lowest BCUT2D eigenvalue weighted by atomic mass is 9.89. The van der Waals surface area contributed by atoms with E-state index in [4.69, 9.17) is 4.74 Å². The molecule has 0 unspecified atom stereocenters. The first-order valence-corrected chi connectivity index (χ1v) is 8.65. The van der Waals surface area contributed by atoms with Crippen molar-refractivity contribution in [1.29, 1.82) is 0 Å². The van der Waals surface area contributed by atoms with Crippen molar-refractivity contribution in [2.24, 2.45) is 0 Å². The standard InChI is InChI=1S/C23H19NO/c1-15-8-7-9-16(2)21(15)23-22-19-12-4-3-10-17(19)18-11-5-6-13-20(18)24(22)14-25-23/h3-13H,14H2,1-2H3. The second-order valence-electron chi connectivity index (χ2n) is 6.71. The van der Waals surface area contributed by atoms with Crippen LogP contribution >= 0.6 is 0 Å². The summed E-state index contributed by atoms with van der Waals surface area (Å²) in [6.07, 6.45) is 0. The van der Waals surface area contributed by atoms with Crippen molar-refractivity contribution < 1.29 is 4.74 Å². The van der Waals surface area contributed by atoms with Crippen molar-refractivity contribution in [2.75, 3.05) is 11.6 Å². The van der Waals surface area contributed by atoms with Crippen LogP contribution < -0.4 is 4.90 Å². The minimum atomic E-state index is 0.559. The zero-order chi connectivity index (χ0) is 17.0. The maximum absolute atomic E-state index is 6.27. The molecule has 5 rings (SSSR count). The van der Waals surface area contributed by atoms with Gasteiger partial charge in [0.15, 0.2) is 12.5 Å². The summed E-state index contributed by atoms with van der Waals surface area (Å²) in [5.41, 5.74) is 9.92. The van der Waals surface area contributed by atoms with Crippen LogP contribution in [0.15, 0.2) is 66.7 Å². The van der Waals surface area contributed by atoms with Gasteiger partial charge < -0.3 is 9.64 Å². The molecular formula is C23H19NO. The Hall–Kier alpha value is -3.00. The molecule has 2 heteroatoms. The van der Waals surface area contributed by atoms with Crippen LogP contribution in [0.5, 0.6) is 0 Å². The molecule has 0 N–H and O–H groups in total. The van der Waals surface area contributed by atoms with Crippen LogP contribution in [0.1, 0.15) is 22.3 Å². The molecule has 0 saturated carbocycles. The number of ether oxygens (including phenoxy) is 1. The second kappa shape index (κ2) is 5.25. The molecule has 0 atom stereocenters. The Morgan fingerprint density at radius 3 is 2.12 bits per heavy atom. The van der Waals surface area contributed by atoms with E-state index in [0.29, 0.717) is 6.73 Å². The maximum atomic E-state index is 6.27. The molecule has 2 aliphatic heterocycles. The first-order valence-electron chi connectivity index (χ1n) is 8.65. The van der Waals surface area contributed by atoms with Crippen LogP contribution in [0.2, 0.25) is 0 Å². The monoisotopic (exact) mass is 325 g/mol. The van der Waals surface area contributed by atoms with Crippen molar-refractivity contribution in [2.45, 2.75) is 13.8 Å². The van der Waals surface area contributed by atoms with Gasteiger partial charge in [-0.1, -0.05) is 60.7 Å². The fraction of sp³-hybridized carbons (Fsp3) is 0.130. The van der Waals surface area contributed by atoms with Crippen LogP contribution in [0, 0.1) is 13.8 Å². The Balaban J connectivity index is 1.85. The fourth-order valence-electron chi connectivity index (χ4n) is 4.07. The van der Waals surface area contributed by atoms with Gasteiger partial charge >= 0.3 is 0 Å². The number of rotatable bonds is 1. The topological polar surface area (TPSA) is 12.5 Å². The van der Waals surface area contributed by atoms with Gasteiger partial charge in [-0.2, -0.15) is 0 Å². The van der Waals surface area contributed by atoms with Crippen molar-refractivity contribution >= 4 is 17.1 Å². The molecule has 0 fully saturated rings. The summed E-state index contributed by atoms with van der Waals surface area (Å²) in [5.74, 6) is 0.998. The van der Waals surface area contributed by atoms with Gasteiger partial charge in [-0.05, 0) is 36.6 Å². The van der Waals surface area contributed by atoms with E-state index in [1.165, 1.54) is 44.8 Å². The highest BCUT2D eigenvalue weighted by atomic mass is 16.5. The van der Waals surface area contributed by atoms with Gasteiger partial charge in [0, 0.05) is 16.7 Å².